The number of thiazole rings is 1. The van der Waals surface area contributed by atoms with Gasteiger partial charge in [-0.05, 0) is 13.0 Å². The molecular formula is C15H19N3O2S. The summed E-state index contributed by atoms with van der Waals surface area (Å²) in [5.41, 5.74) is 6.93. The quantitative estimate of drug-likeness (QED) is 0.921. The molecule has 2 N–H and O–H groups in total. The zero-order valence-corrected chi connectivity index (χ0v) is 13.2. The van der Waals surface area contributed by atoms with Crippen LogP contribution >= 0.6 is 11.3 Å². The van der Waals surface area contributed by atoms with Crippen LogP contribution in [0.3, 0.4) is 0 Å². The first-order valence-corrected chi connectivity index (χ1v) is 7.51. The van der Waals surface area contributed by atoms with Crippen LogP contribution in [-0.2, 0) is 6.54 Å². The van der Waals surface area contributed by atoms with Gasteiger partial charge in [-0.3, -0.25) is 4.79 Å². The summed E-state index contributed by atoms with van der Waals surface area (Å²) in [6.07, 6.45) is 0. The molecule has 1 amide bonds. The van der Waals surface area contributed by atoms with Gasteiger partial charge in [0.25, 0.3) is 5.91 Å². The van der Waals surface area contributed by atoms with E-state index in [4.69, 9.17) is 10.5 Å². The van der Waals surface area contributed by atoms with Crippen molar-refractivity contribution < 1.29 is 9.53 Å². The second-order valence-electron chi connectivity index (χ2n) is 4.66. The summed E-state index contributed by atoms with van der Waals surface area (Å²) in [6.45, 7) is 2.32. The second kappa shape index (κ2) is 6.69. The van der Waals surface area contributed by atoms with E-state index in [2.05, 4.69) is 4.98 Å². The lowest BCUT2D eigenvalue weighted by Crippen LogP contribution is -2.30. The van der Waals surface area contributed by atoms with E-state index in [0.717, 1.165) is 16.3 Å². The maximum Gasteiger partial charge on any atom is 0.273 e. The van der Waals surface area contributed by atoms with Crippen molar-refractivity contribution in [2.45, 2.75) is 19.5 Å². The van der Waals surface area contributed by atoms with E-state index in [9.17, 15) is 4.79 Å². The van der Waals surface area contributed by atoms with Crippen molar-refractivity contribution in [2.24, 2.45) is 5.73 Å². The van der Waals surface area contributed by atoms with Crippen molar-refractivity contribution in [3.63, 3.8) is 0 Å². The van der Waals surface area contributed by atoms with Crippen LogP contribution in [0.5, 0.6) is 5.75 Å². The average Bonchev–Trinajstić information content (AvgIpc) is 3.01. The fraction of sp³-hybridized carbons (Fsp3) is 0.333. The van der Waals surface area contributed by atoms with Crippen LogP contribution < -0.4 is 10.5 Å². The van der Waals surface area contributed by atoms with Crippen molar-refractivity contribution in [2.75, 3.05) is 14.2 Å². The third kappa shape index (κ3) is 3.22. The number of methoxy groups -OCH3 is 1. The molecule has 0 saturated carbocycles. The van der Waals surface area contributed by atoms with E-state index in [1.165, 1.54) is 11.3 Å². The Labute approximate surface area is 128 Å². The number of para-hydroxylation sites is 1. The third-order valence-electron chi connectivity index (χ3n) is 3.44. The number of carbonyl (C=O) groups excluding carboxylic acids is 1. The molecule has 0 aliphatic heterocycles. The Morgan fingerprint density at radius 3 is 2.81 bits per heavy atom. The molecule has 0 fully saturated rings. The molecule has 1 aromatic carbocycles. The monoisotopic (exact) mass is 305 g/mol. The van der Waals surface area contributed by atoms with Gasteiger partial charge >= 0.3 is 0 Å². The molecule has 5 nitrogen and oxygen atoms in total. The van der Waals surface area contributed by atoms with Crippen molar-refractivity contribution in [3.8, 4) is 5.75 Å². The number of aromatic nitrogens is 1. The van der Waals surface area contributed by atoms with Gasteiger partial charge in [0.1, 0.15) is 16.5 Å². The maximum absolute atomic E-state index is 12.5. The largest absolute Gasteiger partial charge is 0.496 e. The molecule has 1 atom stereocenters. The Hall–Kier alpha value is -1.92. The van der Waals surface area contributed by atoms with Crippen molar-refractivity contribution in [1.29, 1.82) is 0 Å². The number of amides is 1. The van der Waals surface area contributed by atoms with E-state index in [0.29, 0.717) is 12.2 Å². The third-order valence-corrected chi connectivity index (χ3v) is 4.31. The zero-order chi connectivity index (χ0) is 15.4. The van der Waals surface area contributed by atoms with Gasteiger partial charge in [-0.15, -0.1) is 11.3 Å². The molecule has 21 heavy (non-hydrogen) atoms. The minimum absolute atomic E-state index is 0.114. The molecule has 1 heterocycles. The summed E-state index contributed by atoms with van der Waals surface area (Å²) in [6, 6.07) is 7.57. The molecule has 6 heteroatoms. The van der Waals surface area contributed by atoms with E-state index < -0.39 is 0 Å². The van der Waals surface area contributed by atoms with Gasteiger partial charge in [0.2, 0.25) is 0 Å². The highest BCUT2D eigenvalue weighted by Gasteiger charge is 2.23. The molecule has 0 spiro atoms. The lowest BCUT2D eigenvalue weighted by Gasteiger charge is -2.26. The standard InChI is InChI=1S/C15H19N3O2S/c1-10(11-6-4-5-7-13(11)20-3)18(2)15(19)12-9-21-14(8-16)17-12/h4-7,9-10H,8,16H2,1-3H3. The molecule has 0 radical (unpaired) electrons. The number of hydrogen-bond donors (Lipinski definition) is 1. The Morgan fingerprint density at radius 2 is 2.19 bits per heavy atom. The summed E-state index contributed by atoms with van der Waals surface area (Å²) in [5, 5.41) is 2.51. The van der Waals surface area contributed by atoms with Crippen molar-refractivity contribution in [1.82, 2.24) is 9.88 Å². The fourth-order valence-electron chi connectivity index (χ4n) is 2.08. The molecule has 1 aromatic heterocycles. The van der Waals surface area contributed by atoms with Crippen LogP contribution in [0.25, 0.3) is 0 Å². The van der Waals surface area contributed by atoms with Gasteiger partial charge in [0.05, 0.1) is 13.2 Å². The van der Waals surface area contributed by atoms with E-state index in [1.54, 1.807) is 24.4 Å². The summed E-state index contributed by atoms with van der Waals surface area (Å²) in [7, 11) is 3.39. The average molecular weight is 305 g/mol. The highest BCUT2D eigenvalue weighted by molar-refractivity contribution is 7.09. The number of nitrogens with two attached hydrogens (primary N) is 1. The predicted octanol–water partition coefficient (Wildman–Crippen LogP) is 2.44. The molecule has 0 aliphatic carbocycles. The number of hydrogen-bond acceptors (Lipinski definition) is 5. The first-order chi connectivity index (χ1) is 10.1. The molecule has 2 aromatic rings. The van der Waals surface area contributed by atoms with Crippen molar-refractivity contribution in [3.05, 3.63) is 45.9 Å². The molecule has 0 bridgehead atoms. The summed E-state index contributed by atoms with van der Waals surface area (Å²) in [4.78, 5) is 18.4. The highest BCUT2D eigenvalue weighted by Crippen LogP contribution is 2.29. The lowest BCUT2D eigenvalue weighted by molar-refractivity contribution is 0.0736. The number of ether oxygens (including phenoxy) is 1. The van der Waals surface area contributed by atoms with Gasteiger partial charge in [-0.1, -0.05) is 18.2 Å². The predicted molar refractivity (Wildman–Crippen MR) is 83.5 cm³/mol. The van der Waals surface area contributed by atoms with Gasteiger partial charge in [0.15, 0.2) is 0 Å². The van der Waals surface area contributed by atoms with E-state index >= 15 is 0 Å². The van der Waals surface area contributed by atoms with E-state index in [1.807, 2.05) is 31.2 Å². The Morgan fingerprint density at radius 1 is 1.48 bits per heavy atom. The van der Waals surface area contributed by atoms with Crippen LogP contribution in [0.15, 0.2) is 29.6 Å². The highest BCUT2D eigenvalue weighted by atomic mass is 32.1. The molecule has 2 rings (SSSR count). The van der Waals surface area contributed by atoms with Crippen LogP contribution in [0.4, 0.5) is 0 Å². The number of rotatable bonds is 5. The first kappa shape index (κ1) is 15.5. The summed E-state index contributed by atoms with van der Waals surface area (Å²) in [5.74, 6) is 0.648. The second-order valence-corrected chi connectivity index (χ2v) is 5.61. The Balaban J connectivity index is 2.22. The van der Waals surface area contributed by atoms with Crippen LogP contribution in [0, 0.1) is 0 Å². The molecular weight excluding hydrogens is 286 g/mol. The number of nitrogens with zero attached hydrogens (tertiary/aromatic N) is 2. The number of carbonyl (C=O) groups is 1. The summed E-state index contributed by atoms with van der Waals surface area (Å²) < 4.78 is 5.36. The van der Waals surface area contributed by atoms with Crippen molar-refractivity contribution >= 4 is 17.2 Å². The molecule has 0 aliphatic rings. The number of benzene rings is 1. The van der Waals surface area contributed by atoms with E-state index in [-0.39, 0.29) is 11.9 Å². The Bertz CT molecular complexity index is 627. The van der Waals surface area contributed by atoms with Crippen LogP contribution in [-0.4, -0.2) is 29.9 Å². The fourth-order valence-corrected chi connectivity index (χ4v) is 2.73. The van der Waals surface area contributed by atoms with Gasteiger partial charge in [-0.25, -0.2) is 4.98 Å². The minimum Gasteiger partial charge on any atom is -0.496 e. The Kier molecular flexibility index (Phi) is 4.93. The lowest BCUT2D eigenvalue weighted by atomic mass is 10.1. The molecule has 112 valence electrons. The first-order valence-electron chi connectivity index (χ1n) is 6.63. The normalized spacial score (nSPS) is 12.0. The summed E-state index contributed by atoms with van der Waals surface area (Å²) >= 11 is 1.40. The van der Waals surface area contributed by atoms with Gasteiger partial charge in [0, 0.05) is 24.5 Å². The SMILES string of the molecule is COc1ccccc1C(C)N(C)C(=O)c1csc(CN)n1. The topological polar surface area (TPSA) is 68.5 Å². The molecule has 0 saturated heterocycles. The van der Waals surface area contributed by atoms with Gasteiger partial charge < -0.3 is 15.4 Å². The smallest absolute Gasteiger partial charge is 0.273 e. The molecule has 1 unspecified atom stereocenters. The van der Waals surface area contributed by atoms with Gasteiger partial charge in [-0.2, -0.15) is 0 Å². The minimum atomic E-state index is -0.121. The van der Waals surface area contributed by atoms with Crippen LogP contribution in [0.2, 0.25) is 0 Å². The zero-order valence-electron chi connectivity index (χ0n) is 12.4. The van der Waals surface area contributed by atoms with Crippen LogP contribution in [0.1, 0.15) is 34.0 Å². The maximum atomic E-state index is 12.5.